The Morgan fingerprint density at radius 2 is 1.59 bits per heavy atom. The van der Waals surface area contributed by atoms with Gasteiger partial charge in [-0.05, 0) is 106 Å². The van der Waals surface area contributed by atoms with Crippen LogP contribution in [0.1, 0.15) is 67.9 Å². The summed E-state index contributed by atoms with van der Waals surface area (Å²) in [6, 6.07) is 13.5. The van der Waals surface area contributed by atoms with Crippen molar-refractivity contribution < 1.29 is 19.4 Å². The molecular formula is C33H44N6O5. The summed E-state index contributed by atoms with van der Waals surface area (Å²) < 4.78 is 6.72. The third-order valence-electron chi connectivity index (χ3n) is 6.99. The predicted octanol–water partition coefficient (Wildman–Crippen LogP) is 6.66. The molecule has 4 aromatic rings. The molecule has 0 unspecified atom stereocenters. The van der Waals surface area contributed by atoms with Crippen LogP contribution < -0.4 is 16.2 Å². The van der Waals surface area contributed by atoms with E-state index in [0.29, 0.717) is 5.69 Å². The lowest BCUT2D eigenvalue weighted by molar-refractivity contribution is 0.0663. The van der Waals surface area contributed by atoms with Crippen molar-refractivity contribution >= 4 is 17.3 Å². The van der Waals surface area contributed by atoms with Crippen LogP contribution in [0.3, 0.4) is 0 Å². The molecule has 2 heterocycles. The molecule has 2 aromatic heterocycles. The van der Waals surface area contributed by atoms with Gasteiger partial charge in [0.2, 0.25) is 5.76 Å². The van der Waals surface area contributed by atoms with Crippen LogP contribution in [-0.2, 0) is 12.8 Å². The number of fused-ring (bicyclic) bond motifs is 1. The largest absolute Gasteiger partial charge is 0.505 e. The standard InChI is InChI=1S/C25H22N4O5.2C4H11N/c1-14-22(24(31)29(28-14)17-10-9-15-5-2-3-6-16(15)13-17)27-26-19-8-4-7-18(23(19)30)20-11-12-21(34-20)25(32)33;2*1-3-5-4-2/h4,7-13,28,30H,2-3,5-6H2,1H3,(H,32,33);2*5H,3-4H2,1-2H3. The predicted molar refractivity (Wildman–Crippen MR) is 173 cm³/mol. The lowest BCUT2D eigenvalue weighted by atomic mass is 9.91. The number of carbonyl (C=O) groups is 1. The highest BCUT2D eigenvalue weighted by Gasteiger charge is 2.17. The van der Waals surface area contributed by atoms with Crippen molar-refractivity contribution in [3.63, 3.8) is 0 Å². The van der Waals surface area contributed by atoms with E-state index in [1.54, 1.807) is 19.1 Å². The van der Waals surface area contributed by atoms with Crippen molar-refractivity contribution in [3.8, 4) is 22.8 Å². The summed E-state index contributed by atoms with van der Waals surface area (Å²) in [6.07, 6.45) is 4.40. The normalized spacial score (nSPS) is 12.2. The van der Waals surface area contributed by atoms with Crippen molar-refractivity contribution in [2.24, 2.45) is 10.2 Å². The number of hydrogen-bond donors (Lipinski definition) is 5. The van der Waals surface area contributed by atoms with E-state index < -0.39 is 5.97 Å². The molecule has 2 aromatic carbocycles. The lowest BCUT2D eigenvalue weighted by Crippen LogP contribution is -2.15. The summed E-state index contributed by atoms with van der Waals surface area (Å²) >= 11 is 0. The summed E-state index contributed by atoms with van der Waals surface area (Å²) in [5, 5.41) is 37.2. The second-order valence-corrected chi connectivity index (χ2v) is 10.1. The molecule has 1 aliphatic carbocycles. The number of benzene rings is 2. The molecule has 0 aliphatic heterocycles. The first-order valence-corrected chi connectivity index (χ1v) is 15.2. The van der Waals surface area contributed by atoms with Gasteiger partial charge in [-0.1, -0.05) is 39.8 Å². The second kappa shape index (κ2) is 17.0. The van der Waals surface area contributed by atoms with Crippen molar-refractivity contribution in [1.82, 2.24) is 20.4 Å². The third kappa shape index (κ3) is 8.77. The van der Waals surface area contributed by atoms with Gasteiger partial charge in [0.05, 0.1) is 16.9 Å². The molecule has 0 radical (unpaired) electrons. The van der Waals surface area contributed by atoms with E-state index in [1.807, 2.05) is 12.1 Å². The summed E-state index contributed by atoms with van der Waals surface area (Å²) in [5.74, 6) is -1.51. The molecule has 44 heavy (non-hydrogen) atoms. The molecule has 0 fully saturated rings. The number of aromatic nitrogens is 2. The maximum absolute atomic E-state index is 13.1. The van der Waals surface area contributed by atoms with Crippen molar-refractivity contribution in [3.05, 3.63) is 81.5 Å². The first-order chi connectivity index (χ1) is 21.2. The minimum atomic E-state index is -1.21. The average molecular weight is 605 g/mol. The molecule has 0 spiro atoms. The molecule has 5 N–H and O–H groups in total. The topological polar surface area (TPSA) is 157 Å². The van der Waals surface area contributed by atoms with Crippen molar-refractivity contribution in [2.75, 3.05) is 26.2 Å². The quantitative estimate of drug-likeness (QED) is 0.134. The Morgan fingerprint density at radius 3 is 2.18 bits per heavy atom. The van der Waals surface area contributed by atoms with Gasteiger partial charge in [-0.15, -0.1) is 10.2 Å². The van der Waals surface area contributed by atoms with E-state index in [9.17, 15) is 14.7 Å². The van der Waals surface area contributed by atoms with Gasteiger partial charge in [-0.2, -0.15) is 0 Å². The number of rotatable bonds is 9. The van der Waals surface area contributed by atoms with Crippen LogP contribution in [0.5, 0.6) is 5.75 Å². The fourth-order valence-electron chi connectivity index (χ4n) is 4.71. The molecule has 11 heteroatoms. The Labute approximate surface area is 258 Å². The van der Waals surface area contributed by atoms with Gasteiger partial charge in [0.1, 0.15) is 11.4 Å². The summed E-state index contributed by atoms with van der Waals surface area (Å²) in [7, 11) is 0. The van der Waals surface area contributed by atoms with Crippen LogP contribution in [-0.4, -0.2) is 52.1 Å². The number of phenolic OH excluding ortho intramolecular Hbond substituents is 1. The molecule has 1 aliphatic rings. The molecule has 0 atom stereocenters. The van der Waals surface area contributed by atoms with E-state index in [4.69, 9.17) is 9.52 Å². The number of azo groups is 1. The van der Waals surface area contributed by atoms with Gasteiger partial charge in [0.25, 0.3) is 5.56 Å². The average Bonchev–Trinajstić information content (AvgIpc) is 3.63. The van der Waals surface area contributed by atoms with Gasteiger partial charge >= 0.3 is 5.97 Å². The maximum atomic E-state index is 13.1. The fraction of sp³-hybridized carbons (Fsp3) is 0.394. The monoisotopic (exact) mass is 604 g/mol. The van der Waals surface area contributed by atoms with E-state index >= 15 is 0 Å². The molecule has 11 nitrogen and oxygen atoms in total. The Kier molecular flexibility index (Phi) is 13.1. The highest BCUT2D eigenvalue weighted by Crippen LogP contribution is 2.38. The highest BCUT2D eigenvalue weighted by atomic mass is 16.4. The number of nitrogens with one attached hydrogen (secondary N) is 3. The summed E-state index contributed by atoms with van der Waals surface area (Å²) in [4.78, 5) is 24.1. The SMILES string of the molecule is CCNCC.CCNCC.Cc1[nH]n(-c2ccc3c(c2)CCCC3)c(=O)c1N=Nc1cccc(-c2ccc(C(=O)O)o2)c1O. The van der Waals surface area contributed by atoms with E-state index in [0.717, 1.165) is 51.1 Å². The van der Waals surface area contributed by atoms with Gasteiger partial charge in [-0.3, -0.25) is 9.89 Å². The first-order valence-electron chi connectivity index (χ1n) is 15.2. The summed E-state index contributed by atoms with van der Waals surface area (Å²) in [5.41, 5.74) is 4.04. The zero-order chi connectivity index (χ0) is 32.1. The Hall–Kier alpha value is -4.48. The number of carboxylic acids is 1. The number of carboxylic acid groups (broad SMARTS) is 1. The van der Waals surface area contributed by atoms with Crippen molar-refractivity contribution in [2.45, 2.75) is 60.3 Å². The molecule has 0 saturated heterocycles. The number of phenols is 1. The van der Waals surface area contributed by atoms with Gasteiger partial charge in [-0.25, -0.2) is 9.48 Å². The number of nitrogens with zero attached hydrogens (tertiary/aromatic N) is 3. The molecule has 0 bridgehead atoms. The van der Waals surface area contributed by atoms with Crippen molar-refractivity contribution in [1.29, 1.82) is 0 Å². The Morgan fingerprint density at radius 1 is 0.932 bits per heavy atom. The van der Waals surface area contributed by atoms with Crippen LogP contribution >= 0.6 is 0 Å². The fourth-order valence-corrected chi connectivity index (χ4v) is 4.71. The maximum Gasteiger partial charge on any atom is 0.371 e. The lowest BCUT2D eigenvalue weighted by Gasteiger charge is -2.16. The van der Waals surface area contributed by atoms with Crippen LogP contribution in [0, 0.1) is 6.92 Å². The van der Waals surface area contributed by atoms with Crippen LogP contribution in [0.4, 0.5) is 11.4 Å². The minimum Gasteiger partial charge on any atom is -0.505 e. The zero-order valence-electron chi connectivity index (χ0n) is 26.2. The number of para-hydroxylation sites is 1. The van der Waals surface area contributed by atoms with Crippen LogP contribution in [0.15, 0.2) is 68.0 Å². The van der Waals surface area contributed by atoms with E-state index in [-0.39, 0.29) is 39.8 Å². The van der Waals surface area contributed by atoms with Gasteiger partial charge in [0.15, 0.2) is 11.4 Å². The van der Waals surface area contributed by atoms with Crippen LogP contribution in [0.2, 0.25) is 0 Å². The molecule has 5 rings (SSSR count). The van der Waals surface area contributed by atoms with E-state index in [2.05, 4.69) is 59.7 Å². The zero-order valence-corrected chi connectivity index (χ0v) is 26.2. The second-order valence-electron chi connectivity index (χ2n) is 10.1. The molecule has 0 saturated carbocycles. The summed E-state index contributed by atoms with van der Waals surface area (Å²) in [6.45, 7) is 14.5. The highest BCUT2D eigenvalue weighted by molar-refractivity contribution is 5.85. The molecule has 236 valence electrons. The minimum absolute atomic E-state index is 0.117. The third-order valence-corrected chi connectivity index (χ3v) is 6.99. The molecular weight excluding hydrogens is 560 g/mol. The van der Waals surface area contributed by atoms with Gasteiger partial charge in [0, 0.05) is 0 Å². The number of aromatic amines is 1. The number of aromatic carboxylic acids is 1. The van der Waals surface area contributed by atoms with Gasteiger partial charge < -0.3 is 25.3 Å². The molecule has 0 amide bonds. The number of furan rings is 1. The Bertz CT molecular complexity index is 1590. The number of H-pyrrole nitrogens is 1. The number of aryl methyl sites for hydroxylation is 3. The smallest absolute Gasteiger partial charge is 0.371 e. The first kappa shape index (κ1) is 34.0. The van der Waals surface area contributed by atoms with E-state index in [1.165, 1.54) is 40.4 Å². The number of hydrogen-bond acceptors (Lipinski definition) is 8. The number of aromatic hydroxyl groups is 1. The van der Waals surface area contributed by atoms with Crippen LogP contribution in [0.25, 0.3) is 17.0 Å². The Balaban J connectivity index is 0.000000461.